The van der Waals surface area contributed by atoms with Gasteiger partial charge in [-0.25, -0.2) is 5.01 Å². The molecule has 2 atom stereocenters. The van der Waals surface area contributed by atoms with Gasteiger partial charge in [0.15, 0.2) is 0 Å². The van der Waals surface area contributed by atoms with Gasteiger partial charge in [0.2, 0.25) is 5.91 Å². The Morgan fingerprint density at radius 1 is 1.21 bits per heavy atom. The summed E-state index contributed by atoms with van der Waals surface area (Å²) in [7, 11) is 0. The van der Waals surface area contributed by atoms with Crippen molar-refractivity contribution in [1.82, 2.24) is 14.8 Å². The number of ether oxygens (including phenoxy) is 1. The highest BCUT2D eigenvalue weighted by Gasteiger charge is 2.38. The lowest BCUT2D eigenvalue weighted by Crippen LogP contribution is -2.47. The fourth-order valence-electron chi connectivity index (χ4n) is 3.81. The molecule has 3 aliphatic rings. The summed E-state index contributed by atoms with van der Waals surface area (Å²) in [5.74, 6) is 0.442. The molecule has 0 aromatic rings. The van der Waals surface area contributed by atoms with E-state index in [9.17, 15) is 9.59 Å². The van der Waals surface area contributed by atoms with E-state index >= 15 is 0 Å². The zero-order chi connectivity index (χ0) is 17.3. The number of carbonyl (C=O) groups excluding carboxylic acids is 2. The van der Waals surface area contributed by atoms with Gasteiger partial charge in [-0.1, -0.05) is 6.92 Å². The van der Waals surface area contributed by atoms with Gasteiger partial charge in [-0.15, -0.1) is 0 Å². The smallest absolute Gasteiger partial charge is 0.270 e. The van der Waals surface area contributed by atoms with Crippen LogP contribution in [0.1, 0.15) is 33.6 Å². The highest BCUT2D eigenvalue weighted by Crippen LogP contribution is 2.24. The first-order valence-electron chi connectivity index (χ1n) is 8.98. The minimum Gasteiger partial charge on any atom is -0.379 e. The number of morpholine rings is 1. The van der Waals surface area contributed by atoms with Crippen molar-refractivity contribution in [3.05, 3.63) is 0 Å². The molecule has 134 valence electrons. The molecule has 0 saturated carbocycles. The average Bonchev–Trinajstić information content (AvgIpc) is 2.97. The van der Waals surface area contributed by atoms with Gasteiger partial charge < -0.3 is 9.64 Å². The van der Waals surface area contributed by atoms with Crippen LogP contribution in [0.15, 0.2) is 5.10 Å². The van der Waals surface area contributed by atoms with E-state index in [1.165, 1.54) is 5.01 Å². The Labute approximate surface area is 143 Å². The second-order valence-corrected chi connectivity index (χ2v) is 7.28. The summed E-state index contributed by atoms with van der Waals surface area (Å²) in [5, 5.41) is 5.80. The van der Waals surface area contributed by atoms with Crippen molar-refractivity contribution < 1.29 is 14.3 Å². The SMILES string of the molecule is CC(C)N1N=C(C(=O)N2C[C@@H](C)[C@H](N3CCOCC3)C2)CCC1=O. The lowest BCUT2D eigenvalue weighted by molar-refractivity contribution is -0.133. The van der Waals surface area contributed by atoms with Gasteiger partial charge in [0, 0.05) is 51.1 Å². The number of nitrogens with zero attached hydrogens (tertiary/aromatic N) is 4. The lowest BCUT2D eigenvalue weighted by atomic mass is 10.0. The second-order valence-electron chi connectivity index (χ2n) is 7.28. The van der Waals surface area contributed by atoms with Gasteiger partial charge in [0.25, 0.3) is 5.91 Å². The predicted octanol–water partition coefficient (Wildman–Crippen LogP) is 0.552. The standard InChI is InChI=1S/C17H28N4O3/c1-12(2)21-16(22)5-4-14(18-21)17(23)20-10-13(3)15(11-20)19-6-8-24-9-7-19/h12-13,15H,4-11H2,1-3H3/t13-,15-/m1/s1. The van der Waals surface area contributed by atoms with E-state index in [1.54, 1.807) is 0 Å². The van der Waals surface area contributed by atoms with Crippen LogP contribution in [-0.2, 0) is 14.3 Å². The van der Waals surface area contributed by atoms with Crippen molar-refractivity contribution >= 4 is 17.5 Å². The Bertz CT molecular complexity index is 528. The van der Waals surface area contributed by atoms with Crippen LogP contribution in [0, 0.1) is 5.92 Å². The van der Waals surface area contributed by atoms with Crippen molar-refractivity contribution in [2.75, 3.05) is 39.4 Å². The summed E-state index contributed by atoms with van der Waals surface area (Å²) >= 11 is 0. The highest BCUT2D eigenvalue weighted by atomic mass is 16.5. The molecule has 0 radical (unpaired) electrons. The predicted molar refractivity (Wildman–Crippen MR) is 90.6 cm³/mol. The quantitative estimate of drug-likeness (QED) is 0.755. The first-order chi connectivity index (χ1) is 11.5. The molecule has 24 heavy (non-hydrogen) atoms. The number of hydrogen-bond donors (Lipinski definition) is 0. The minimum absolute atomic E-state index is 0.00235. The van der Waals surface area contributed by atoms with E-state index < -0.39 is 0 Å². The molecular weight excluding hydrogens is 308 g/mol. The Kier molecular flexibility index (Phi) is 5.20. The van der Waals surface area contributed by atoms with Gasteiger partial charge in [-0.2, -0.15) is 5.10 Å². The maximum absolute atomic E-state index is 12.9. The third kappa shape index (κ3) is 3.47. The van der Waals surface area contributed by atoms with Crippen LogP contribution >= 0.6 is 0 Å². The largest absolute Gasteiger partial charge is 0.379 e. The number of likely N-dealkylation sites (tertiary alicyclic amines) is 1. The van der Waals surface area contributed by atoms with Gasteiger partial charge in [-0.05, 0) is 19.8 Å². The monoisotopic (exact) mass is 336 g/mol. The summed E-state index contributed by atoms with van der Waals surface area (Å²) in [6, 6.07) is 0.379. The van der Waals surface area contributed by atoms with Crippen LogP contribution in [0.5, 0.6) is 0 Å². The Hall–Kier alpha value is -1.47. The third-order valence-electron chi connectivity index (χ3n) is 5.17. The van der Waals surface area contributed by atoms with Crippen molar-refractivity contribution in [2.24, 2.45) is 11.0 Å². The zero-order valence-corrected chi connectivity index (χ0v) is 14.9. The maximum atomic E-state index is 12.9. The van der Waals surface area contributed by atoms with Crippen LogP contribution in [0.4, 0.5) is 0 Å². The summed E-state index contributed by atoms with van der Waals surface area (Å²) < 4.78 is 5.43. The van der Waals surface area contributed by atoms with Gasteiger partial charge >= 0.3 is 0 Å². The van der Waals surface area contributed by atoms with Crippen molar-refractivity contribution in [1.29, 1.82) is 0 Å². The summed E-state index contributed by atoms with van der Waals surface area (Å²) in [4.78, 5) is 29.1. The Morgan fingerprint density at radius 3 is 2.58 bits per heavy atom. The molecule has 3 aliphatic heterocycles. The zero-order valence-electron chi connectivity index (χ0n) is 14.9. The summed E-state index contributed by atoms with van der Waals surface area (Å²) in [6.07, 6.45) is 0.826. The first-order valence-corrected chi connectivity index (χ1v) is 8.98. The molecular formula is C17H28N4O3. The molecule has 2 fully saturated rings. The fourth-order valence-corrected chi connectivity index (χ4v) is 3.81. The van der Waals surface area contributed by atoms with E-state index in [2.05, 4.69) is 16.9 Å². The molecule has 0 spiro atoms. The molecule has 3 heterocycles. The van der Waals surface area contributed by atoms with E-state index in [0.717, 1.165) is 39.4 Å². The highest BCUT2D eigenvalue weighted by molar-refractivity contribution is 6.39. The van der Waals surface area contributed by atoms with Gasteiger partial charge in [-0.3, -0.25) is 14.5 Å². The Morgan fingerprint density at radius 2 is 1.92 bits per heavy atom. The van der Waals surface area contributed by atoms with Crippen LogP contribution < -0.4 is 0 Å². The molecule has 7 heteroatoms. The van der Waals surface area contributed by atoms with Crippen molar-refractivity contribution in [3.8, 4) is 0 Å². The molecule has 3 rings (SSSR count). The summed E-state index contributed by atoms with van der Waals surface area (Å²) in [6.45, 7) is 11.0. The van der Waals surface area contributed by atoms with Gasteiger partial charge in [0.1, 0.15) is 5.71 Å². The van der Waals surface area contributed by atoms with Crippen molar-refractivity contribution in [3.63, 3.8) is 0 Å². The first kappa shape index (κ1) is 17.4. The van der Waals surface area contributed by atoms with E-state index in [4.69, 9.17) is 4.74 Å². The molecule has 0 unspecified atom stereocenters. The number of amides is 2. The summed E-state index contributed by atoms with van der Waals surface area (Å²) in [5.41, 5.74) is 0.526. The van der Waals surface area contributed by atoms with E-state index in [-0.39, 0.29) is 17.9 Å². The van der Waals surface area contributed by atoms with Crippen molar-refractivity contribution in [2.45, 2.75) is 45.7 Å². The average molecular weight is 336 g/mol. The van der Waals surface area contributed by atoms with Gasteiger partial charge in [0.05, 0.1) is 13.2 Å². The lowest BCUT2D eigenvalue weighted by Gasteiger charge is -2.34. The third-order valence-corrected chi connectivity index (χ3v) is 5.17. The molecule has 2 amide bonds. The number of hydrazone groups is 1. The van der Waals surface area contributed by atoms with Crippen LogP contribution in [0.2, 0.25) is 0 Å². The maximum Gasteiger partial charge on any atom is 0.270 e. The minimum atomic E-state index is -0.0146. The topological polar surface area (TPSA) is 65.5 Å². The normalized spacial score (nSPS) is 29.3. The number of carbonyl (C=O) groups is 2. The Balaban J connectivity index is 1.67. The molecule has 0 aromatic carbocycles. The van der Waals surface area contributed by atoms with Crippen LogP contribution in [0.25, 0.3) is 0 Å². The molecule has 0 aromatic heterocycles. The van der Waals surface area contributed by atoms with Crippen LogP contribution in [0.3, 0.4) is 0 Å². The number of rotatable bonds is 3. The molecule has 0 bridgehead atoms. The van der Waals surface area contributed by atoms with E-state index in [0.29, 0.717) is 30.5 Å². The van der Waals surface area contributed by atoms with E-state index in [1.807, 2.05) is 18.7 Å². The molecule has 2 saturated heterocycles. The molecule has 0 N–H and O–H groups in total. The molecule has 7 nitrogen and oxygen atoms in total. The van der Waals surface area contributed by atoms with Crippen LogP contribution in [-0.4, -0.2) is 83.8 Å². The fraction of sp³-hybridized carbons (Fsp3) is 0.824. The second kappa shape index (κ2) is 7.19. The number of hydrogen-bond acceptors (Lipinski definition) is 5. The molecule has 0 aliphatic carbocycles.